The van der Waals surface area contributed by atoms with Crippen molar-refractivity contribution < 1.29 is 18.9 Å². The van der Waals surface area contributed by atoms with Gasteiger partial charge in [-0.2, -0.15) is 0 Å². The van der Waals surface area contributed by atoms with E-state index in [1.165, 1.54) is 0 Å². The zero-order chi connectivity index (χ0) is 16.3. The van der Waals surface area contributed by atoms with Crippen LogP contribution in [0, 0.1) is 0 Å². The summed E-state index contributed by atoms with van der Waals surface area (Å²) in [6.45, 7) is 1.64. The van der Waals surface area contributed by atoms with E-state index < -0.39 is 0 Å². The lowest BCUT2D eigenvalue weighted by atomic mass is 10.2. The van der Waals surface area contributed by atoms with Gasteiger partial charge in [0.15, 0.2) is 0 Å². The van der Waals surface area contributed by atoms with Gasteiger partial charge in [0, 0.05) is 0 Å². The van der Waals surface area contributed by atoms with Gasteiger partial charge in [0.25, 0.3) is 0 Å². The van der Waals surface area contributed by atoms with Crippen molar-refractivity contribution in [2.24, 2.45) is 0 Å². The number of ether oxygens (including phenoxy) is 4. The van der Waals surface area contributed by atoms with E-state index in [-0.39, 0.29) is 0 Å². The number of rotatable bonds is 9. The first-order valence-electron chi connectivity index (χ1n) is 7.44. The van der Waals surface area contributed by atoms with Crippen molar-refractivity contribution in [1.82, 2.24) is 0 Å². The van der Waals surface area contributed by atoms with Crippen LogP contribution in [0.4, 0.5) is 0 Å². The Bertz CT molecular complexity index is 588. The third kappa shape index (κ3) is 6.04. The Morgan fingerprint density at radius 2 is 1.22 bits per heavy atom. The molecule has 0 aliphatic rings. The van der Waals surface area contributed by atoms with Crippen molar-refractivity contribution in [2.75, 3.05) is 27.4 Å². The van der Waals surface area contributed by atoms with E-state index in [0.29, 0.717) is 19.8 Å². The molecule has 4 heteroatoms. The smallest absolute Gasteiger partial charge is 0.120 e. The molecule has 0 unspecified atom stereocenters. The lowest BCUT2D eigenvalue weighted by molar-refractivity contribution is 0.148. The molecule has 2 aromatic rings. The highest BCUT2D eigenvalue weighted by molar-refractivity contribution is 5.31. The van der Waals surface area contributed by atoms with Gasteiger partial charge in [0.05, 0.1) is 27.4 Å². The molecule has 0 N–H and O–H groups in total. The fraction of sp³-hybridized carbons (Fsp3) is 0.263. The van der Waals surface area contributed by atoms with E-state index in [1.54, 1.807) is 14.2 Å². The maximum atomic E-state index is 5.58. The fourth-order valence-electron chi connectivity index (χ4n) is 1.92. The van der Waals surface area contributed by atoms with Crippen molar-refractivity contribution in [3.8, 4) is 17.2 Å². The molecule has 0 spiro atoms. The van der Waals surface area contributed by atoms with Gasteiger partial charge in [-0.3, -0.25) is 0 Å². The average Bonchev–Trinajstić information content (AvgIpc) is 2.62. The highest BCUT2D eigenvalue weighted by Gasteiger charge is 1.95. The van der Waals surface area contributed by atoms with Crippen LogP contribution in [0.1, 0.15) is 5.56 Å². The predicted octanol–water partition coefficient (Wildman–Crippen LogP) is 3.86. The third-order valence-corrected chi connectivity index (χ3v) is 3.21. The molecule has 0 bridgehead atoms. The number of benzene rings is 2. The first kappa shape index (κ1) is 16.9. The van der Waals surface area contributed by atoms with Crippen molar-refractivity contribution in [2.45, 2.75) is 6.61 Å². The summed E-state index contributed by atoms with van der Waals surface area (Å²) < 4.78 is 21.4. The van der Waals surface area contributed by atoms with Crippen molar-refractivity contribution in [3.63, 3.8) is 0 Å². The summed E-state index contributed by atoms with van der Waals surface area (Å²) in [7, 11) is 3.30. The quantitative estimate of drug-likeness (QED) is 0.520. The number of hydrogen-bond acceptors (Lipinski definition) is 4. The fourth-order valence-corrected chi connectivity index (χ4v) is 1.92. The molecule has 0 amide bonds. The Labute approximate surface area is 137 Å². The van der Waals surface area contributed by atoms with E-state index in [2.05, 4.69) is 0 Å². The Kier molecular flexibility index (Phi) is 7.01. The van der Waals surface area contributed by atoms with Gasteiger partial charge < -0.3 is 18.9 Å². The molecule has 0 radical (unpaired) electrons. The van der Waals surface area contributed by atoms with Crippen LogP contribution in [-0.2, 0) is 11.3 Å². The molecule has 0 fully saturated rings. The van der Waals surface area contributed by atoms with Crippen molar-refractivity contribution in [3.05, 3.63) is 66.2 Å². The molecule has 0 aliphatic carbocycles. The number of methoxy groups -OCH3 is 2. The maximum Gasteiger partial charge on any atom is 0.120 e. The van der Waals surface area contributed by atoms with E-state index >= 15 is 0 Å². The van der Waals surface area contributed by atoms with E-state index in [9.17, 15) is 0 Å². The van der Waals surface area contributed by atoms with Crippen LogP contribution in [-0.4, -0.2) is 27.4 Å². The summed E-state index contributed by atoms with van der Waals surface area (Å²) in [4.78, 5) is 0. The summed E-state index contributed by atoms with van der Waals surface area (Å²) in [5, 5.41) is 0. The molecule has 4 nitrogen and oxygen atoms in total. The second-order valence-corrected chi connectivity index (χ2v) is 4.82. The first-order chi connectivity index (χ1) is 11.3. The minimum absolute atomic E-state index is 0.512. The number of hydrogen-bond donors (Lipinski definition) is 0. The Hall–Kier alpha value is -2.46. The van der Waals surface area contributed by atoms with Crippen LogP contribution in [0.15, 0.2) is 60.7 Å². The molecule has 2 rings (SSSR count). The molecule has 23 heavy (non-hydrogen) atoms. The summed E-state index contributed by atoms with van der Waals surface area (Å²) >= 11 is 0. The zero-order valence-electron chi connectivity index (χ0n) is 13.5. The second kappa shape index (κ2) is 9.54. The van der Waals surface area contributed by atoms with Gasteiger partial charge in [-0.1, -0.05) is 18.2 Å². The van der Waals surface area contributed by atoms with Crippen molar-refractivity contribution >= 4 is 0 Å². The van der Waals surface area contributed by atoms with Crippen LogP contribution in [0.5, 0.6) is 17.2 Å². The molecule has 0 saturated heterocycles. The summed E-state index contributed by atoms with van der Waals surface area (Å²) in [5.74, 6) is 2.48. The Balaban J connectivity index is 1.60. The molecule has 0 atom stereocenters. The predicted molar refractivity (Wildman–Crippen MR) is 90.3 cm³/mol. The van der Waals surface area contributed by atoms with E-state index in [0.717, 1.165) is 22.8 Å². The minimum Gasteiger partial charge on any atom is -0.497 e. The van der Waals surface area contributed by atoms with Crippen molar-refractivity contribution in [1.29, 1.82) is 0 Å². The van der Waals surface area contributed by atoms with Crippen LogP contribution in [0.3, 0.4) is 0 Å². The van der Waals surface area contributed by atoms with E-state index in [1.807, 2.05) is 60.7 Å². The van der Waals surface area contributed by atoms with Gasteiger partial charge in [0.1, 0.15) is 23.9 Å². The Morgan fingerprint density at radius 3 is 1.83 bits per heavy atom. The minimum atomic E-state index is 0.512. The monoisotopic (exact) mass is 314 g/mol. The SMILES string of the molecule is COc1ccc(COC/C=C/COc2ccc(OC)cc2)cc1. The summed E-state index contributed by atoms with van der Waals surface area (Å²) in [6.07, 6.45) is 3.89. The normalized spacial score (nSPS) is 10.7. The molecule has 122 valence electrons. The molecule has 2 aromatic carbocycles. The molecule has 0 heterocycles. The first-order valence-corrected chi connectivity index (χ1v) is 7.44. The van der Waals surface area contributed by atoms with Gasteiger partial charge in [-0.25, -0.2) is 0 Å². The zero-order valence-corrected chi connectivity index (χ0v) is 13.5. The highest BCUT2D eigenvalue weighted by atomic mass is 16.5. The van der Waals surface area contributed by atoms with Gasteiger partial charge >= 0.3 is 0 Å². The van der Waals surface area contributed by atoms with Crippen LogP contribution >= 0.6 is 0 Å². The second-order valence-electron chi connectivity index (χ2n) is 4.82. The van der Waals surface area contributed by atoms with Crippen LogP contribution in [0.2, 0.25) is 0 Å². The van der Waals surface area contributed by atoms with Gasteiger partial charge in [-0.15, -0.1) is 0 Å². The maximum absolute atomic E-state index is 5.58. The topological polar surface area (TPSA) is 36.9 Å². The van der Waals surface area contributed by atoms with Crippen LogP contribution in [0.25, 0.3) is 0 Å². The molecule has 0 aromatic heterocycles. The summed E-state index contributed by atoms with van der Waals surface area (Å²) in [6, 6.07) is 15.4. The molecular weight excluding hydrogens is 292 g/mol. The van der Waals surface area contributed by atoms with Gasteiger partial charge in [-0.05, 0) is 48.0 Å². The standard InChI is InChI=1S/C19H22O4/c1-20-17-7-5-16(6-8-17)15-22-13-3-4-14-23-19-11-9-18(21-2)10-12-19/h3-12H,13-15H2,1-2H3/b4-3+. The molecule has 0 aliphatic heterocycles. The van der Waals surface area contributed by atoms with Gasteiger partial charge in [0.2, 0.25) is 0 Å². The average molecular weight is 314 g/mol. The Morgan fingerprint density at radius 1 is 0.696 bits per heavy atom. The molecular formula is C19H22O4. The van der Waals surface area contributed by atoms with E-state index in [4.69, 9.17) is 18.9 Å². The lowest BCUT2D eigenvalue weighted by Gasteiger charge is -2.05. The molecule has 0 saturated carbocycles. The largest absolute Gasteiger partial charge is 0.497 e. The summed E-state index contributed by atoms with van der Waals surface area (Å²) in [5.41, 5.74) is 1.12. The lowest BCUT2D eigenvalue weighted by Crippen LogP contribution is -1.96. The highest BCUT2D eigenvalue weighted by Crippen LogP contribution is 2.16. The van der Waals surface area contributed by atoms with Crippen LogP contribution < -0.4 is 14.2 Å². The third-order valence-electron chi connectivity index (χ3n) is 3.21.